The van der Waals surface area contributed by atoms with Gasteiger partial charge in [-0.2, -0.15) is 5.10 Å². The summed E-state index contributed by atoms with van der Waals surface area (Å²) in [5.41, 5.74) is 7.74. The minimum atomic E-state index is 0.553. The van der Waals surface area contributed by atoms with E-state index < -0.39 is 0 Å². The Kier molecular flexibility index (Phi) is 3.85. The summed E-state index contributed by atoms with van der Waals surface area (Å²) < 4.78 is 1.81. The lowest BCUT2D eigenvalue weighted by Crippen LogP contribution is -2.22. The van der Waals surface area contributed by atoms with Crippen LogP contribution in [0.4, 0.5) is 0 Å². The molecule has 1 aromatic rings. The van der Waals surface area contributed by atoms with Gasteiger partial charge in [-0.1, -0.05) is 6.58 Å². The third kappa shape index (κ3) is 3.32. The summed E-state index contributed by atoms with van der Waals surface area (Å²) in [5.74, 6) is 0. The van der Waals surface area contributed by atoms with Gasteiger partial charge in [0, 0.05) is 38.4 Å². The fourth-order valence-electron chi connectivity index (χ4n) is 1.37. The molecule has 0 fully saturated rings. The first-order valence-electron chi connectivity index (χ1n) is 4.64. The maximum absolute atomic E-state index is 5.48. The molecular weight excluding hydrogens is 176 g/mol. The number of likely N-dealkylation sites (N-methyl/N-ethyl adjacent to an activating group) is 1. The number of hydrogen-bond donors (Lipinski definition) is 1. The van der Waals surface area contributed by atoms with Crippen LogP contribution < -0.4 is 5.73 Å². The zero-order valence-corrected chi connectivity index (χ0v) is 8.90. The lowest BCUT2D eigenvalue weighted by molar-refractivity contribution is 0.354. The highest BCUT2D eigenvalue weighted by atomic mass is 15.2. The Labute approximate surface area is 85.0 Å². The molecule has 4 nitrogen and oxygen atoms in total. The number of nitrogens with two attached hydrogens (primary N) is 1. The van der Waals surface area contributed by atoms with Gasteiger partial charge in [0.1, 0.15) is 0 Å². The largest absolute Gasteiger partial charge is 0.327 e. The van der Waals surface area contributed by atoms with Crippen LogP contribution in [0.15, 0.2) is 24.5 Å². The summed E-state index contributed by atoms with van der Waals surface area (Å²) >= 11 is 0. The van der Waals surface area contributed by atoms with Crippen LogP contribution in [0.25, 0.3) is 0 Å². The number of hydrogen-bond acceptors (Lipinski definition) is 3. The van der Waals surface area contributed by atoms with Gasteiger partial charge in [0.05, 0.1) is 6.20 Å². The van der Waals surface area contributed by atoms with Crippen molar-refractivity contribution in [3.63, 3.8) is 0 Å². The molecule has 0 unspecified atom stereocenters. The van der Waals surface area contributed by atoms with Crippen LogP contribution in [0.1, 0.15) is 5.56 Å². The number of rotatable bonds is 5. The van der Waals surface area contributed by atoms with E-state index in [-0.39, 0.29) is 0 Å². The standard InChI is InChI=1S/C10H18N4/c1-9(4-11)6-13(2)7-10-5-12-14(3)8-10/h5,8H,1,4,6-7,11H2,2-3H3. The highest BCUT2D eigenvalue weighted by Crippen LogP contribution is 2.02. The molecule has 0 aromatic carbocycles. The summed E-state index contributed by atoms with van der Waals surface area (Å²) in [7, 11) is 3.97. The van der Waals surface area contributed by atoms with Gasteiger partial charge in [0.25, 0.3) is 0 Å². The Hall–Kier alpha value is -1.13. The average molecular weight is 194 g/mol. The van der Waals surface area contributed by atoms with E-state index in [2.05, 4.69) is 16.6 Å². The predicted octanol–water partition coefficient (Wildman–Crippen LogP) is 0.367. The van der Waals surface area contributed by atoms with E-state index in [1.54, 1.807) is 4.68 Å². The summed E-state index contributed by atoms with van der Waals surface area (Å²) in [4.78, 5) is 2.17. The first kappa shape index (κ1) is 10.9. The maximum atomic E-state index is 5.48. The van der Waals surface area contributed by atoms with E-state index >= 15 is 0 Å². The molecule has 2 N–H and O–H groups in total. The molecule has 0 aliphatic carbocycles. The molecule has 0 aliphatic heterocycles. The normalized spacial score (nSPS) is 10.9. The topological polar surface area (TPSA) is 47.1 Å². The van der Waals surface area contributed by atoms with Gasteiger partial charge in [-0.3, -0.25) is 9.58 Å². The van der Waals surface area contributed by atoms with E-state index in [0.29, 0.717) is 6.54 Å². The van der Waals surface area contributed by atoms with Gasteiger partial charge in [0.2, 0.25) is 0 Å². The number of aryl methyl sites for hydroxylation is 1. The van der Waals surface area contributed by atoms with Crippen LogP contribution in [0.3, 0.4) is 0 Å². The minimum Gasteiger partial charge on any atom is -0.327 e. The molecule has 4 heteroatoms. The van der Waals surface area contributed by atoms with Crippen LogP contribution in [0, 0.1) is 0 Å². The monoisotopic (exact) mass is 194 g/mol. The van der Waals surface area contributed by atoms with Crippen molar-refractivity contribution in [2.75, 3.05) is 20.1 Å². The molecule has 1 heterocycles. The summed E-state index contributed by atoms with van der Waals surface area (Å²) in [5, 5.41) is 4.11. The summed E-state index contributed by atoms with van der Waals surface area (Å²) in [6.07, 6.45) is 3.89. The van der Waals surface area contributed by atoms with Crippen molar-refractivity contribution in [1.82, 2.24) is 14.7 Å². The summed E-state index contributed by atoms with van der Waals surface area (Å²) in [6, 6.07) is 0. The Morgan fingerprint density at radius 2 is 2.43 bits per heavy atom. The van der Waals surface area contributed by atoms with Crippen LogP contribution in [-0.4, -0.2) is 34.8 Å². The first-order chi connectivity index (χ1) is 6.61. The van der Waals surface area contributed by atoms with E-state index in [4.69, 9.17) is 5.73 Å². The van der Waals surface area contributed by atoms with Gasteiger partial charge in [-0.25, -0.2) is 0 Å². The maximum Gasteiger partial charge on any atom is 0.0534 e. The van der Waals surface area contributed by atoms with Crippen LogP contribution in [0.5, 0.6) is 0 Å². The molecule has 0 radical (unpaired) electrons. The minimum absolute atomic E-state index is 0.553. The van der Waals surface area contributed by atoms with Crippen LogP contribution in [-0.2, 0) is 13.6 Å². The van der Waals surface area contributed by atoms with Crippen molar-refractivity contribution < 1.29 is 0 Å². The highest BCUT2D eigenvalue weighted by molar-refractivity contribution is 5.05. The zero-order chi connectivity index (χ0) is 10.6. The van der Waals surface area contributed by atoms with Crippen molar-refractivity contribution in [1.29, 1.82) is 0 Å². The molecule has 14 heavy (non-hydrogen) atoms. The molecule has 0 saturated carbocycles. The average Bonchev–Trinajstić information content (AvgIpc) is 2.50. The SMILES string of the molecule is C=C(CN)CN(C)Cc1cnn(C)c1. The Morgan fingerprint density at radius 3 is 2.93 bits per heavy atom. The lowest BCUT2D eigenvalue weighted by Gasteiger charge is -2.16. The molecule has 0 bridgehead atoms. The molecule has 0 amide bonds. The summed E-state index contributed by atoms with van der Waals surface area (Å²) in [6.45, 7) is 6.15. The third-order valence-corrected chi connectivity index (χ3v) is 1.99. The molecule has 1 aromatic heterocycles. The lowest BCUT2D eigenvalue weighted by atomic mass is 10.2. The fourth-order valence-corrected chi connectivity index (χ4v) is 1.37. The van der Waals surface area contributed by atoms with Crippen LogP contribution in [0.2, 0.25) is 0 Å². The van der Waals surface area contributed by atoms with Gasteiger partial charge < -0.3 is 5.73 Å². The van der Waals surface area contributed by atoms with E-state index in [9.17, 15) is 0 Å². The molecule has 1 rings (SSSR count). The van der Waals surface area contributed by atoms with E-state index in [1.807, 2.05) is 26.5 Å². The molecule has 0 spiro atoms. The second-order valence-corrected chi connectivity index (χ2v) is 3.65. The predicted molar refractivity (Wildman–Crippen MR) is 57.7 cm³/mol. The quantitative estimate of drug-likeness (QED) is 0.689. The Balaban J connectivity index is 2.41. The van der Waals surface area contributed by atoms with Gasteiger partial charge in [-0.15, -0.1) is 0 Å². The van der Waals surface area contributed by atoms with Crippen molar-refractivity contribution in [2.24, 2.45) is 12.8 Å². The smallest absolute Gasteiger partial charge is 0.0534 e. The highest BCUT2D eigenvalue weighted by Gasteiger charge is 2.02. The Morgan fingerprint density at radius 1 is 1.71 bits per heavy atom. The Bertz CT molecular complexity index is 303. The van der Waals surface area contributed by atoms with Crippen LogP contribution >= 0.6 is 0 Å². The van der Waals surface area contributed by atoms with E-state index in [0.717, 1.165) is 18.7 Å². The van der Waals surface area contributed by atoms with Gasteiger partial charge in [0.15, 0.2) is 0 Å². The molecule has 0 aliphatic rings. The molecular formula is C10H18N4. The number of nitrogens with zero attached hydrogens (tertiary/aromatic N) is 3. The fraction of sp³-hybridized carbons (Fsp3) is 0.500. The van der Waals surface area contributed by atoms with Crippen molar-refractivity contribution in [3.05, 3.63) is 30.1 Å². The van der Waals surface area contributed by atoms with E-state index in [1.165, 1.54) is 5.56 Å². The van der Waals surface area contributed by atoms with Gasteiger partial charge in [-0.05, 0) is 12.6 Å². The third-order valence-electron chi connectivity index (χ3n) is 1.99. The molecule has 0 atom stereocenters. The van der Waals surface area contributed by atoms with Gasteiger partial charge >= 0.3 is 0 Å². The zero-order valence-electron chi connectivity index (χ0n) is 8.90. The first-order valence-corrected chi connectivity index (χ1v) is 4.64. The van der Waals surface area contributed by atoms with Crippen molar-refractivity contribution in [3.8, 4) is 0 Å². The second kappa shape index (κ2) is 4.93. The van der Waals surface area contributed by atoms with Crippen molar-refractivity contribution >= 4 is 0 Å². The molecule has 0 saturated heterocycles. The molecule has 78 valence electrons. The number of aromatic nitrogens is 2. The van der Waals surface area contributed by atoms with Crippen molar-refractivity contribution in [2.45, 2.75) is 6.54 Å². The second-order valence-electron chi connectivity index (χ2n) is 3.65.